The highest BCUT2D eigenvalue weighted by Gasteiger charge is 2.20. The van der Waals surface area contributed by atoms with Gasteiger partial charge in [0.25, 0.3) is 0 Å². The average Bonchev–Trinajstić information content (AvgIpc) is 2.97. The molecule has 0 bridgehead atoms. The second-order valence-corrected chi connectivity index (χ2v) is 4.81. The Bertz CT molecular complexity index is 529. The number of hydrogen-bond acceptors (Lipinski definition) is 5. The van der Waals surface area contributed by atoms with E-state index in [1.807, 2.05) is 20.8 Å². The minimum atomic E-state index is -0.0385. The standard InChI is InChI=1S/C11H14N4OS/c1-4-15-6-8(5-12-15)10(16)11-9(7(2)3)13-14-17-11/h5-7H,4H2,1-3H3. The fourth-order valence-corrected chi connectivity index (χ4v) is 2.30. The van der Waals surface area contributed by atoms with E-state index in [0.717, 1.165) is 23.8 Å². The Morgan fingerprint density at radius 2 is 2.29 bits per heavy atom. The van der Waals surface area contributed by atoms with Gasteiger partial charge < -0.3 is 0 Å². The number of carbonyl (C=O) groups excluding carboxylic acids is 1. The van der Waals surface area contributed by atoms with Crippen LogP contribution in [0.3, 0.4) is 0 Å². The summed E-state index contributed by atoms with van der Waals surface area (Å²) in [6.45, 7) is 6.74. The van der Waals surface area contributed by atoms with Crippen LogP contribution in [0.25, 0.3) is 0 Å². The molecule has 2 aromatic heterocycles. The Balaban J connectivity index is 2.33. The van der Waals surface area contributed by atoms with Crippen LogP contribution in [0.15, 0.2) is 12.4 Å². The predicted molar refractivity (Wildman–Crippen MR) is 65.3 cm³/mol. The van der Waals surface area contributed by atoms with Gasteiger partial charge in [0.15, 0.2) is 0 Å². The lowest BCUT2D eigenvalue weighted by molar-refractivity contribution is 0.104. The van der Waals surface area contributed by atoms with Gasteiger partial charge in [-0.25, -0.2) is 0 Å². The molecule has 6 heteroatoms. The molecule has 0 N–H and O–H groups in total. The number of aryl methyl sites for hydroxylation is 1. The molecule has 0 aliphatic heterocycles. The quantitative estimate of drug-likeness (QED) is 0.780. The van der Waals surface area contributed by atoms with Gasteiger partial charge in [-0.3, -0.25) is 9.48 Å². The van der Waals surface area contributed by atoms with Gasteiger partial charge in [-0.1, -0.05) is 18.3 Å². The Hall–Kier alpha value is -1.56. The van der Waals surface area contributed by atoms with Gasteiger partial charge in [0.1, 0.15) is 4.88 Å². The molecule has 90 valence electrons. The topological polar surface area (TPSA) is 60.7 Å². The third-order valence-corrected chi connectivity index (χ3v) is 3.23. The summed E-state index contributed by atoms with van der Waals surface area (Å²) in [7, 11) is 0. The van der Waals surface area contributed by atoms with E-state index in [0.29, 0.717) is 10.4 Å². The maximum Gasteiger partial charge on any atom is 0.209 e. The largest absolute Gasteiger partial charge is 0.287 e. The zero-order chi connectivity index (χ0) is 12.4. The lowest BCUT2D eigenvalue weighted by Gasteiger charge is -2.01. The van der Waals surface area contributed by atoms with Crippen LogP contribution in [-0.4, -0.2) is 25.2 Å². The Morgan fingerprint density at radius 3 is 2.88 bits per heavy atom. The molecule has 0 aromatic carbocycles. The lowest BCUT2D eigenvalue weighted by Crippen LogP contribution is -2.03. The molecule has 0 aliphatic rings. The highest BCUT2D eigenvalue weighted by Crippen LogP contribution is 2.22. The zero-order valence-electron chi connectivity index (χ0n) is 10.0. The van der Waals surface area contributed by atoms with Crippen molar-refractivity contribution in [1.29, 1.82) is 0 Å². The van der Waals surface area contributed by atoms with Crippen molar-refractivity contribution in [1.82, 2.24) is 19.4 Å². The van der Waals surface area contributed by atoms with Gasteiger partial charge >= 0.3 is 0 Å². The number of aromatic nitrogens is 4. The minimum Gasteiger partial charge on any atom is -0.287 e. The third kappa shape index (κ3) is 2.26. The second-order valence-electron chi connectivity index (χ2n) is 4.06. The molecule has 5 nitrogen and oxygen atoms in total. The first-order valence-electron chi connectivity index (χ1n) is 5.52. The van der Waals surface area contributed by atoms with Crippen molar-refractivity contribution >= 4 is 17.3 Å². The van der Waals surface area contributed by atoms with Crippen molar-refractivity contribution in [2.45, 2.75) is 33.2 Å². The molecule has 0 atom stereocenters. The molecule has 0 amide bonds. The normalized spacial score (nSPS) is 11.1. The smallest absolute Gasteiger partial charge is 0.209 e. The fourth-order valence-electron chi connectivity index (χ4n) is 1.52. The molecule has 0 radical (unpaired) electrons. The number of nitrogens with zero attached hydrogens (tertiary/aromatic N) is 4. The first kappa shape index (κ1) is 11.9. The van der Waals surface area contributed by atoms with Crippen LogP contribution < -0.4 is 0 Å². The van der Waals surface area contributed by atoms with Crippen molar-refractivity contribution in [2.24, 2.45) is 0 Å². The molecule has 2 heterocycles. The summed E-state index contributed by atoms with van der Waals surface area (Å²) in [4.78, 5) is 12.9. The summed E-state index contributed by atoms with van der Waals surface area (Å²) in [5, 5.41) is 8.11. The van der Waals surface area contributed by atoms with E-state index in [2.05, 4.69) is 14.7 Å². The summed E-state index contributed by atoms with van der Waals surface area (Å²) in [6.07, 6.45) is 3.35. The molecular weight excluding hydrogens is 236 g/mol. The number of hydrogen-bond donors (Lipinski definition) is 0. The average molecular weight is 250 g/mol. The van der Waals surface area contributed by atoms with Crippen LogP contribution in [0.5, 0.6) is 0 Å². The molecule has 0 unspecified atom stereocenters. The number of ketones is 1. The van der Waals surface area contributed by atoms with E-state index in [4.69, 9.17) is 0 Å². The molecule has 0 saturated carbocycles. The molecule has 2 aromatic rings. The third-order valence-electron chi connectivity index (χ3n) is 2.49. The summed E-state index contributed by atoms with van der Waals surface area (Å²) < 4.78 is 5.59. The van der Waals surface area contributed by atoms with Gasteiger partial charge in [0.2, 0.25) is 5.78 Å². The van der Waals surface area contributed by atoms with Gasteiger partial charge in [-0.15, -0.1) is 5.10 Å². The van der Waals surface area contributed by atoms with Gasteiger partial charge in [-0.2, -0.15) is 5.10 Å². The zero-order valence-corrected chi connectivity index (χ0v) is 10.9. The lowest BCUT2D eigenvalue weighted by atomic mass is 10.1. The van der Waals surface area contributed by atoms with Crippen LogP contribution >= 0.6 is 11.5 Å². The number of rotatable bonds is 4. The van der Waals surface area contributed by atoms with E-state index in [1.165, 1.54) is 0 Å². The van der Waals surface area contributed by atoms with E-state index >= 15 is 0 Å². The Labute approximate surface area is 104 Å². The Morgan fingerprint density at radius 1 is 1.53 bits per heavy atom. The second kappa shape index (κ2) is 4.75. The van der Waals surface area contributed by atoms with Crippen LogP contribution in [-0.2, 0) is 6.54 Å². The van der Waals surface area contributed by atoms with Gasteiger partial charge in [0, 0.05) is 12.7 Å². The summed E-state index contributed by atoms with van der Waals surface area (Å²) in [5.41, 5.74) is 1.36. The molecular formula is C11H14N4OS. The van der Waals surface area contributed by atoms with Crippen molar-refractivity contribution < 1.29 is 4.79 Å². The first-order chi connectivity index (χ1) is 8.13. The maximum absolute atomic E-state index is 12.2. The van der Waals surface area contributed by atoms with Crippen molar-refractivity contribution in [3.05, 3.63) is 28.5 Å². The predicted octanol–water partition coefficient (Wildman–Crippen LogP) is 2.11. The summed E-state index contributed by atoms with van der Waals surface area (Å²) >= 11 is 1.15. The fraction of sp³-hybridized carbons (Fsp3) is 0.455. The van der Waals surface area contributed by atoms with E-state index in [9.17, 15) is 4.79 Å². The van der Waals surface area contributed by atoms with Crippen molar-refractivity contribution in [2.75, 3.05) is 0 Å². The highest BCUT2D eigenvalue weighted by molar-refractivity contribution is 7.08. The molecule has 17 heavy (non-hydrogen) atoms. The Kier molecular flexibility index (Phi) is 3.33. The van der Waals surface area contributed by atoms with E-state index < -0.39 is 0 Å². The minimum absolute atomic E-state index is 0.0385. The maximum atomic E-state index is 12.2. The van der Waals surface area contributed by atoms with Crippen molar-refractivity contribution in [3.8, 4) is 0 Å². The van der Waals surface area contributed by atoms with Crippen LogP contribution in [0.2, 0.25) is 0 Å². The van der Waals surface area contributed by atoms with Crippen molar-refractivity contribution in [3.63, 3.8) is 0 Å². The van der Waals surface area contributed by atoms with Crippen LogP contribution in [0.1, 0.15) is 47.6 Å². The summed E-state index contributed by atoms with van der Waals surface area (Å²) in [5.74, 6) is 0.164. The molecule has 0 fully saturated rings. The molecule has 0 spiro atoms. The SMILES string of the molecule is CCn1cc(C(=O)c2snnc2C(C)C)cn1. The molecule has 2 rings (SSSR count). The molecule has 0 aliphatic carbocycles. The molecule has 0 saturated heterocycles. The van der Waals surface area contributed by atoms with E-state index in [1.54, 1.807) is 17.1 Å². The first-order valence-corrected chi connectivity index (χ1v) is 6.30. The van der Waals surface area contributed by atoms with E-state index in [-0.39, 0.29) is 11.7 Å². The van der Waals surface area contributed by atoms with Gasteiger partial charge in [0.05, 0.1) is 17.5 Å². The number of carbonyl (C=O) groups is 1. The van der Waals surface area contributed by atoms with Crippen LogP contribution in [0.4, 0.5) is 0 Å². The summed E-state index contributed by atoms with van der Waals surface area (Å²) in [6, 6.07) is 0. The highest BCUT2D eigenvalue weighted by atomic mass is 32.1. The monoisotopic (exact) mass is 250 g/mol. The van der Waals surface area contributed by atoms with Gasteiger partial charge in [-0.05, 0) is 24.4 Å². The van der Waals surface area contributed by atoms with Crippen LogP contribution in [0, 0.1) is 0 Å².